The fourth-order valence-electron chi connectivity index (χ4n) is 3.66. The molecule has 0 spiro atoms. The molecular weight excluding hydrogens is 338 g/mol. The molecule has 0 unspecified atom stereocenters. The number of nitrogens with zero attached hydrogens (tertiary/aromatic N) is 5. The fourth-order valence-corrected chi connectivity index (χ4v) is 3.66. The van der Waals surface area contributed by atoms with Gasteiger partial charge in [-0.3, -0.25) is 14.4 Å². The summed E-state index contributed by atoms with van der Waals surface area (Å²) in [7, 11) is 3.72. The van der Waals surface area contributed by atoms with Crippen molar-refractivity contribution in [2.75, 3.05) is 26.7 Å². The standard InChI is InChI=1S/C21H27N5O/c1-16-11-20(23-25(16)3)21(27)24(2)14-17-7-9-26(10-8-17)15-19-6-4-5-18(12-19)13-22/h4-6,11-12,17H,7-10,14-15H2,1-3H3. The minimum Gasteiger partial charge on any atom is -0.340 e. The zero-order valence-corrected chi connectivity index (χ0v) is 16.4. The molecule has 6 nitrogen and oxygen atoms in total. The van der Waals surface area contributed by atoms with Crippen LogP contribution in [0.15, 0.2) is 30.3 Å². The molecule has 0 saturated carbocycles. The molecule has 0 N–H and O–H groups in total. The van der Waals surface area contributed by atoms with Crippen molar-refractivity contribution in [1.82, 2.24) is 19.6 Å². The molecule has 0 aliphatic carbocycles. The molecule has 0 bridgehead atoms. The van der Waals surface area contributed by atoms with Crippen LogP contribution in [0.1, 0.15) is 40.2 Å². The van der Waals surface area contributed by atoms with Gasteiger partial charge in [0.25, 0.3) is 5.91 Å². The van der Waals surface area contributed by atoms with Gasteiger partial charge in [0.2, 0.25) is 0 Å². The van der Waals surface area contributed by atoms with Gasteiger partial charge in [0.05, 0.1) is 11.6 Å². The topological polar surface area (TPSA) is 65.2 Å². The average molecular weight is 365 g/mol. The zero-order chi connectivity index (χ0) is 19.4. The van der Waals surface area contributed by atoms with Gasteiger partial charge in [-0.25, -0.2) is 0 Å². The van der Waals surface area contributed by atoms with Gasteiger partial charge in [0, 0.05) is 32.9 Å². The van der Waals surface area contributed by atoms with Crippen molar-refractivity contribution in [1.29, 1.82) is 5.26 Å². The van der Waals surface area contributed by atoms with Crippen LogP contribution in [0.5, 0.6) is 0 Å². The smallest absolute Gasteiger partial charge is 0.274 e. The fraction of sp³-hybridized carbons (Fsp3) is 0.476. The van der Waals surface area contributed by atoms with E-state index in [-0.39, 0.29) is 5.91 Å². The number of likely N-dealkylation sites (tertiary alicyclic amines) is 1. The SMILES string of the molecule is Cc1cc(C(=O)N(C)CC2CCN(Cc3cccc(C#N)c3)CC2)nn1C. The highest BCUT2D eigenvalue weighted by Gasteiger charge is 2.23. The Bertz CT molecular complexity index is 823. The maximum Gasteiger partial charge on any atom is 0.274 e. The second kappa shape index (κ2) is 8.36. The van der Waals surface area contributed by atoms with Crippen LogP contribution in [0, 0.1) is 24.2 Å². The molecule has 1 aromatic carbocycles. The van der Waals surface area contributed by atoms with Gasteiger partial charge in [0.15, 0.2) is 5.69 Å². The highest BCUT2D eigenvalue weighted by Crippen LogP contribution is 2.21. The molecule has 0 atom stereocenters. The number of aromatic nitrogens is 2. The molecule has 6 heteroatoms. The van der Waals surface area contributed by atoms with Crippen LogP contribution >= 0.6 is 0 Å². The van der Waals surface area contributed by atoms with E-state index < -0.39 is 0 Å². The molecule has 1 aromatic heterocycles. The number of carbonyl (C=O) groups is 1. The van der Waals surface area contributed by atoms with E-state index in [0.29, 0.717) is 17.2 Å². The molecule has 1 saturated heterocycles. The summed E-state index contributed by atoms with van der Waals surface area (Å²) in [6.45, 7) is 5.64. The molecule has 3 rings (SSSR count). The first-order valence-corrected chi connectivity index (χ1v) is 9.43. The van der Waals surface area contributed by atoms with Crippen LogP contribution in [0.2, 0.25) is 0 Å². The van der Waals surface area contributed by atoms with E-state index in [1.54, 1.807) is 9.58 Å². The Balaban J connectivity index is 1.48. The number of nitriles is 1. The van der Waals surface area contributed by atoms with Crippen LogP contribution in [0.4, 0.5) is 0 Å². The second-order valence-electron chi connectivity index (χ2n) is 7.51. The predicted molar refractivity (Wildman–Crippen MR) is 104 cm³/mol. The molecule has 27 heavy (non-hydrogen) atoms. The lowest BCUT2D eigenvalue weighted by molar-refractivity contribution is 0.0731. The van der Waals surface area contributed by atoms with E-state index in [9.17, 15) is 4.79 Å². The van der Waals surface area contributed by atoms with Gasteiger partial charge < -0.3 is 4.90 Å². The molecule has 142 valence electrons. The summed E-state index contributed by atoms with van der Waals surface area (Å²) in [5, 5.41) is 13.3. The summed E-state index contributed by atoms with van der Waals surface area (Å²) in [5.74, 6) is 0.514. The van der Waals surface area contributed by atoms with Crippen molar-refractivity contribution in [2.45, 2.75) is 26.3 Å². The molecule has 1 aliphatic heterocycles. The largest absolute Gasteiger partial charge is 0.340 e. The number of rotatable bonds is 5. The number of aryl methyl sites for hydroxylation is 2. The van der Waals surface area contributed by atoms with E-state index >= 15 is 0 Å². The average Bonchev–Trinajstić information content (AvgIpc) is 3.01. The maximum atomic E-state index is 12.6. The lowest BCUT2D eigenvalue weighted by atomic mass is 9.95. The van der Waals surface area contributed by atoms with E-state index in [1.165, 1.54) is 5.56 Å². The minimum atomic E-state index is -0.00514. The summed E-state index contributed by atoms with van der Waals surface area (Å²) in [4.78, 5) is 16.8. The number of amides is 1. The van der Waals surface area contributed by atoms with Gasteiger partial charge in [-0.1, -0.05) is 12.1 Å². The third-order valence-corrected chi connectivity index (χ3v) is 5.38. The normalized spacial score (nSPS) is 15.5. The van der Waals surface area contributed by atoms with E-state index in [2.05, 4.69) is 22.1 Å². The Hall–Kier alpha value is -2.65. The van der Waals surface area contributed by atoms with Crippen molar-refractivity contribution < 1.29 is 4.79 Å². The third-order valence-electron chi connectivity index (χ3n) is 5.38. The Morgan fingerprint density at radius 3 is 2.70 bits per heavy atom. The highest BCUT2D eigenvalue weighted by atomic mass is 16.2. The monoisotopic (exact) mass is 365 g/mol. The van der Waals surface area contributed by atoms with E-state index in [1.807, 2.05) is 45.3 Å². The summed E-state index contributed by atoms with van der Waals surface area (Å²) < 4.78 is 1.74. The Morgan fingerprint density at radius 2 is 2.07 bits per heavy atom. The lowest BCUT2D eigenvalue weighted by Crippen LogP contribution is -2.39. The summed E-state index contributed by atoms with van der Waals surface area (Å²) >= 11 is 0. The minimum absolute atomic E-state index is 0.00514. The van der Waals surface area contributed by atoms with Crippen LogP contribution < -0.4 is 0 Å². The number of carbonyl (C=O) groups excluding carboxylic acids is 1. The molecular formula is C21H27N5O. The van der Waals surface area contributed by atoms with Gasteiger partial charge in [-0.2, -0.15) is 10.4 Å². The predicted octanol–water partition coefficient (Wildman–Crippen LogP) is 2.58. The third kappa shape index (κ3) is 4.75. The summed E-state index contributed by atoms with van der Waals surface area (Å²) in [5.41, 5.74) is 3.41. The van der Waals surface area contributed by atoms with Crippen LogP contribution in [0.3, 0.4) is 0 Å². The van der Waals surface area contributed by atoms with Gasteiger partial charge in [-0.05, 0) is 62.5 Å². The molecule has 2 aromatic rings. The van der Waals surface area contributed by atoms with Gasteiger partial charge in [0.1, 0.15) is 0 Å². The van der Waals surface area contributed by atoms with Crippen LogP contribution in [-0.4, -0.2) is 52.2 Å². The quantitative estimate of drug-likeness (QED) is 0.817. The van der Waals surface area contributed by atoms with E-state index in [0.717, 1.165) is 44.7 Å². The zero-order valence-electron chi connectivity index (χ0n) is 16.4. The summed E-state index contributed by atoms with van der Waals surface area (Å²) in [6, 6.07) is 11.9. The lowest BCUT2D eigenvalue weighted by Gasteiger charge is -2.33. The van der Waals surface area contributed by atoms with Crippen molar-refractivity contribution in [3.05, 3.63) is 52.8 Å². The first kappa shape index (κ1) is 19.1. The van der Waals surface area contributed by atoms with Crippen molar-refractivity contribution in [2.24, 2.45) is 13.0 Å². The van der Waals surface area contributed by atoms with Crippen molar-refractivity contribution in [3.63, 3.8) is 0 Å². The Labute approximate surface area is 161 Å². The van der Waals surface area contributed by atoms with Crippen molar-refractivity contribution >= 4 is 5.91 Å². The highest BCUT2D eigenvalue weighted by molar-refractivity contribution is 5.92. The Kier molecular flexibility index (Phi) is 5.92. The van der Waals surface area contributed by atoms with Crippen molar-refractivity contribution in [3.8, 4) is 6.07 Å². The van der Waals surface area contributed by atoms with Crippen LogP contribution in [0.25, 0.3) is 0 Å². The first-order chi connectivity index (χ1) is 13.0. The van der Waals surface area contributed by atoms with Gasteiger partial charge in [-0.15, -0.1) is 0 Å². The first-order valence-electron chi connectivity index (χ1n) is 9.43. The number of benzene rings is 1. The Morgan fingerprint density at radius 1 is 1.33 bits per heavy atom. The molecule has 0 radical (unpaired) electrons. The van der Waals surface area contributed by atoms with E-state index in [4.69, 9.17) is 5.26 Å². The second-order valence-corrected chi connectivity index (χ2v) is 7.51. The van der Waals surface area contributed by atoms with Gasteiger partial charge >= 0.3 is 0 Å². The maximum absolute atomic E-state index is 12.6. The number of hydrogen-bond donors (Lipinski definition) is 0. The molecule has 1 amide bonds. The molecule has 2 heterocycles. The molecule has 1 fully saturated rings. The van der Waals surface area contributed by atoms with Crippen LogP contribution in [-0.2, 0) is 13.6 Å². The number of hydrogen-bond acceptors (Lipinski definition) is 4. The number of piperidine rings is 1. The molecule has 1 aliphatic rings. The summed E-state index contributed by atoms with van der Waals surface area (Å²) in [6.07, 6.45) is 2.16.